The van der Waals surface area contributed by atoms with Crippen molar-refractivity contribution in [3.63, 3.8) is 0 Å². The minimum absolute atomic E-state index is 0.300. The molecule has 2 heterocycles. The summed E-state index contributed by atoms with van der Waals surface area (Å²) >= 11 is 1.44. The van der Waals surface area contributed by atoms with Crippen LogP contribution < -0.4 is 0 Å². The van der Waals surface area contributed by atoms with E-state index in [0.717, 1.165) is 21.7 Å². The molecule has 0 saturated heterocycles. The molecule has 0 aliphatic heterocycles. The van der Waals surface area contributed by atoms with Gasteiger partial charge in [0.15, 0.2) is 5.82 Å². The van der Waals surface area contributed by atoms with Crippen molar-refractivity contribution in [2.75, 3.05) is 6.26 Å². The largest absolute Gasteiger partial charge is 0.245 e. The Balaban J connectivity index is 1.85. The van der Waals surface area contributed by atoms with Crippen molar-refractivity contribution >= 4 is 26.9 Å². The number of rotatable bonds is 4. The van der Waals surface area contributed by atoms with Crippen LogP contribution in [0.5, 0.6) is 0 Å². The third-order valence-electron chi connectivity index (χ3n) is 4.16. The fraction of sp³-hybridized carbons (Fsp3) is 0.0476. The van der Waals surface area contributed by atoms with Gasteiger partial charge in [0.2, 0.25) is 0 Å². The molecule has 0 aliphatic rings. The summed E-state index contributed by atoms with van der Waals surface area (Å²) in [5, 5.41) is 0. The first kappa shape index (κ1) is 18.5. The summed E-state index contributed by atoms with van der Waals surface area (Å²) in [5.41, 5.74) is 3.99. The molecule has 2 aromatic carbocycles. The summed E-state index contributed by atoms with van der Waals surface area (Å²) < 4.78 is 31.0. The van der Waals surface area contributed by atoms with E-state index in [9.17, 15) is 8.60 Å². The second-order valence-corrected chi connectivity index (χ2v) is 9.23. The number of nitrogens with zero attached hydrogens (tertiary/aromatic N) is 3. The van der Waals surface area contributed by atoms with Crippen molar-refractivity contribution in [2.45, 2.75) is 4.90 Å². The molecule has 0 N–H and O–H groups in total. The van der Waals surface area contributed by atoms with E-state index >= 15 is 0 Å². The quantitative estimate of drug-likeness (QED) is 0.428. The van der Waals surface area contributed by atoms with E-state index in [2.05, 4.69) is 14.3 Å². The molecule has 140 valence electrons. The number of halogens is 1. The summed E-state index contributed by atoms with van der Waals surface area (Å²) in [6.45, 7) is 0. The second-order valence-electron chi connectivity index (χ2n) is 6.12. The van der Waals surface area contributed by atoms with Crippen LogP contribution in [0, 0.1) is 5.82 Å². The third-order valence-corrected chi connectivity index (χ3v) is 6.69. The topological polar surface area (TPSA) is 55.2 Å². The van der Waals surface area contributed by atoms with E-state index in [0.29, 0.717) is 10.7 Å². The Kier molecular flexibility index (Phi) is 5.02. The van der Waals surface area contributed by atoms with Gasteiger partial charge in [-0.2, -0.15) is 4.36 Å². The predicted octanol–water partition coefficient (Wildman–Crippen LogP) is 5.80. The highest BCUT2D eigenvalue weighted by molar-refractivity contribution is 7.93. The summed E-state index contributed by atoms with van der Waals surface area (Å²) in [6.07, 6.45) is 3.23. The predicted molar refractivity (Wildman–Crippen MR) is 112 cm³/mol. The number of hydrogen-bond donors (Lipinski definition) is 0. The standard InChI is InChI=1S/C21H16FN3OS2/c1-28(26,17-6-3-2-4-7-17)25-21-18(8-5-13-23-21)20-19(24-14-27-20)15-9-11-16(22)12-10-15/h2-14H,1H3. The number of aromatic nitrogens is 2. The molecule has 0 saturated carbocycles. The van der Waals surface area contributed by atoms with Gasteiger partial charge in [0.1, 0.15) is 5.82 Å². The van der Waals surface area contributed by atoms with Crippen LogP contribution in [-0.4, -0.2) is 20.4 Å². The van der Waals surface area contributed by atoms with E-state index in [4.69, 9.17) is 0 Å². The fourth-order valence-corrected chi connectivity index (χ4v) is 4.86. The van der Waals surface area contributed by atoms with Crippen LogP contribution in [0.2, 0.25) is 0 Å². The molecule has 0 fully saturated rings. The van der Waals surface area contributed by atoms with Gasteiger partial charge in [-0.1, -0.05) is 18.2 Å². The molecule has 2 aromatic heterocycles. The molecule has 1 unspecified atom stereocenters. The highest BCUT2D eigenvalue weighted by Gasteiger charge is 2.16. The normalized spacial score (nSPS) is 13.1. The molecule has 0 radical (unpaired) electrons. The maximum absolute atomic E-state index is 13.3. The minimum atomic E-state index is -2.66. The first-order valence-electron chi connectivity index (χ1n) is 8.47. The Labute approximate surface area is 166 Å². The lowest BCUT2D eigenvalue weighted by Crippen LogP contribution is -1.97. The van der Waals surface area contributed by atoms with Gasteiger partial charge < -0.3 is 0 Å². The van der Waals surface area contributed by atoms with Crippen LogP contribution in [0.4, 0.5) is 10.2 Å². The molecule has 0 amide bonds. The summed E-state index contributed by atoms with van der Waals surface area (Å²) in [6, 6.07) is 19.0. The van der Waals surface area contributed by atoms with Crippen LogP contribution in [0.1, 0.15) is 0 Å². The van der Waals surface area contributed by atoms with Crippen LogP contribution >= 0.6 is 11.3 Å². The average molecular weight is 410 g/mol. The van der Waals surface area contributed by atoms with Gasteiger partial charge in [-0.05, 0) is 48.5 Å². The van der Waals surface area contributed by atoms with E-state index in [-0.39, 0.29) is 5.82 Å². The summed E-state index contributed by atoms with van der Waals surface area (Å²) in [7, 11) is -2.66. The lowest BCUT2D eigenvalue weighted by Gasteiger charge is -2.08. The first-order chi connectivity index (χ1) is 13.5. The number of benzene rings is 2. The van der Waals surface area contributed by atoms with Crippen LogP contribution in [-0.2, 0) is 9.73 Å². The molecule has 0 bridgehead atoms. The third kappa shape index (κ3) is 3.72. The number of thiazole rings is 1. The van der Waals surface area contributed by atoms with Crippen LogP contribution in [0.15, 0.2) is 87.7 Å². The highest BCUT2D eigenvalue weighted by Crippen LogP contribution is 2.39. The Hall–Kier alpha value is -2.90. The second kappa shape index (κ2) is 7.61. The smallest absolute Gasteiger partial charge is 0.170 e. The van der Waals surface area contributed by atoms with E-state index in [1.165, 1.54) is 23.5 Å². The molecule has 7 heteroatoms. The van der Waals surface area contributed by atoms with Crippen molar-refractivity contribution in [3.05, 3.63) is 84.3 Å². The number of pyridine rings is 1. The van der Waals surface area contributed by atoms with Crippen molar-refractivity contribution in [2.24, 2.45) is 4.36 Å². The molecule has 4 nitrogen and oxygen atoms in total. The zero-order chi connectivity index (χ0) is 19.6. The van der Waals surface area contributed by atoms with Crippen LogP contribution in [0.3, 0.4) is 0 Å². The van der Waals surface area contributed by atoms with Gasteiger partial charge in [-0.3, -0.25) is 0 Å². The zero-order valence-electron chi connectivity index (χ0n) is 14.9. The maximum Gasteiger partial charge on any atom is 0.170 e. The van der Waals surface area contributed by atoms with Gasteiger partial charge >= 0.3 is 0 Å². The monoisotopic (exact) mass is 409 g/mol. The molecular formula is C21H16FN3OS2. The van der Waals surface area contributed by atoms with E-state index < -0.39 is 9.73 Å². The van der Waals surface area contributed by atoms with Crippen molar-refractivity contribution in [3.8, 4) is 21.7 Å². The van der Waals surface area contributed by atoms with Crippen LogP contribution in [0.25, 0.3) is 21.7 Å². The fourth-order valence-electron chi connectivity index (χ4n) is 2.79. The average Bonchev–Trinajstić information content (AvgIpc) is 3.19. The number of hydrogen-bond acceptors (Lipinski definition) is 5. The van der Waals surface area contributed by atoms with Crippen molar-refractivity contribution in [1.82, 2.24) is 9.97 Å². The van der Waals surface area contributed by atoms with Gasteiger partial charge in [0, 0.05) is 28.5 Å². The lowest BCUT2D eigenvalue weighted by molar-refractivity contribution is 0.628. The van der Waals surface area contributed by atoms with E-state index in [1.807, 2.05) is 30.3 Å². The van der Waals surface area contributed by atoms with Gasteiger partial charge in [-0.15, -0.1) is 11.3 Å². The Morgan fingerprint density at radius 3 is 2.46 bits per heavy atom. The SMILES string of the molecule is CS(=O)(=Nc1ncccc1-c1scnc1-c1ccc(F)cc1)c1ccccc1. The maximum atomic E-state index is 13.3. The molecular weight excluding hydrogens is 393 g/mol. The molecule has 28 heavy (non-hydrogen) atoms. The van der Waals surface area contributed by atoms with Gasteiger partial charge in [0.25, 0.3) is 0 Å². The summed E-state index contributed by atoms with van der Waals surface area (Å²) in [4.78, 5) is 10.3. The first-order valence-corrected chi connectivity index (χ1v) is 11.3. The summed E-state index contributed by atoms with van der Waals surface area (Å²) in [5.74, 6) is 0.0950. The Morgan fingerprint density at radius 2 is 1.71 bits per heavy atom. The molecule has 4 aromatic rings. The van der Waals surface area contributed by atoms with Crippen molar-refractivity contribution < 1.29 is 8.60 Å². The molecule has 1 atom stereocenters. The Bertz CT molecular complexity index is 1230. The molecule has 0 spiro atoms. The lowest BCUT2D eigenvalue weighted by atomic mass is 10.1. The minimum Gasteiger partial charge on any atom is -0.245 e. The molecule has 4 rings (SSSR count). The zero-order valence-corrected chi connectivity index (χ0v) is 16.6. The Morgan fingerprint density at radius 1 is 0.964 bits per heavy atom. The van der Waals surface area contributed by atoms with E-state index in [1.54, 1.807) is 42.2 Å². The molecule has 0 aliphatic carbocycles. The van der Waals surface area contributed by atoms with Gasteiger partial charge in [0.05, 0.1) is 25.8 Å². The van der Waals surface area contributed by atoms with Gasteiger partial charge in [-0.25, -0.2) is 18.6 Å². The van der Waals surface area contributed by atoms with Crippen molar-refractivity contribution in [1.29, 1.82) is 0 Å². The highest BCUT2D eigenvalue weighted by atomic mass is 32.2.